The summed E-state index contributed by atoms with van der Waals surface area (Å²) in [6.07, 6.45) is 0. The van der Waals surface area contributed by atoms with Crippen molar-refractivity contribution in [1.82, 2.24) is 4.57 Å². The Morgan fingerprint density at radius 2 is 1.61 bits per heavy atom. The van der Waals surface area contributed by atoms with Gasteiger partial charge in [-0.15, -0.1) is 0 Å². The van der Waals surface area contributed by atoms with Crippen LogP contribution < -0.4 is 0 Å². The Bertz CT molecular complexity index is 1050. The maximum atomic E-state index is 12.7. The number of benzene rings is 1. The molecule has 0 spiro atoms. The SMILES string of the molecule is CC(C)=C1C(=O)OC(=Nc2c(C)cccc2C)C1=C(C)c1cc(C)n(C)c1C. The van der Waals surface area contributed by atoms with Crippen LogP contribution >= 0.6 is 0 Å². The summed E-state index contributed by atoms with van der Waals surface area (Å²) in [6, 6.07) is 8.20. The maximum absolute atomic E-state index is 12.7. The number of nitrogens with zero attached hydrogens (tertiary/aromatic N) is 2. The zero-order valence-electron chi connectivity index (χ0n) is 18.0. The van der Waals surface area contributed by atoms with Crippen molar-refractivity contribution in [2.75, 3.05) is 0 Å². The van der Waals surface area contributed by atoms with Crippen LogP contribution in [-0.2, 0) is 16.6 Å². The van der Waals surface area contributed by atoms with Gasteiger partial charge in [0, 0.05) is 18.4 Å². The van der Waals surface area contributed by atoms with Gasteiger partial charge in [-0.1, -0.05) is 23.8 Å². The first-order valence-corrected chi connectivity index (χ1v) is 9.53. The number of allylic oxidation sites excluding steroid dienone is 2. The summed E-state index contributed by atoms with van der Waals surface area (Å²) in [5, 5.41) is 0. The number of aromatic nitrogens is 1. The molecule has 0 unspecified atom stereocenters. The van der Waals surface area contributed by atoms with Crippen LogP contribution in [0.25, 0.3) is 5.57 Å². The van der Waals surface area contributed by atoms with Crippen molar-refractivity contribution in [3.63, 3.8) is 0 Å². The van der Waals surface area contributed by atoms with Gasteiger partial charge in [0.15, 0.2) is 0 Å². The van der Waals surface area contributed by atoms with E-state index in [0.717, 1.165) is 44.8 Å². The highest BCUT2D eigenvalue weighted by molar-refractivity contribution is 6.24. The molecule has 1 saturated heterocycles. The van der Waals surface area contributed by atoms with Gasteiger partial charge in [0.25, 0.3) is 0 Å². The minimum atomic E-state index is -0.329. The zero-order valence-corrected chi connectivity index (χ0v) is 18.0. The minimum absolute atomic E-state index is 0.329. The van der Waals surface area contributed by atoms with E-state index in [1.165, 1.54) is 5.69 Å². The molecule has 0 atom stereocenters. The first-order chi connectivity index (χ1) is 13.1. The van der Waals surface area contributed by atoms with E-state index in [9.17, 15) is 4.79 Å². The number of carbonyl (C=O) groups is 1. The van der Waals surface area contributed by atoms with Crippen molar-refractivity contribution in [3.8, 4) is 0 Å². The number of rotatable bonds is 2. The van der Waals surface area contributed by atoms with Crippen LogP contribution in [0.4, 0.5) is 5.69 Å². The summed E-state index contributed by atoms with van der Waals surface area (Å²) in [5.41, 5.74) is 9.74. The molecular formula is C24H28N2O2. The quantitative estimate of drug-likeness (QED) is 0.502. The average Bonchev–Trinajstić information content (AvgIpc) is 3.09. The fourth-order valence-electron chi connectivity index (χ4n) is 3.73. The summed E-state index contributed by atoms with van der Waals surface area (Å²) >= 11 is 0. The lowest BCUT2D eigenvalue weighted by atomic mass is 9.94. The predicted molar refractivity (Wildman–Crippen MR) is 115 cm³/mol. The Morgan fingerprint density at radius 3 is 2.11 bits per heavy atom. The third-order valence-corrected chi connectivity index (χ3v) is 5.56. The molecule has 0 bridgehead atoms. The minimum Gasteiger partial charge on any atom is -0.403 e. The number of ether oxygens (including phenoxy) is 1. The molecule has 4 heteroatoms. The van der Waals surface area contributed by atoms with Gasteiger partial charge in [-0.05, 0) is 76.8 Å². The first kappa shape index (κ1) is 19.9. The Labute approximate surface area is 167 Å². The second-order valence-electron chi connectivity index (χ2n) is 7.77. The Hall–Kier alpha value is -2.88. The van der Waals surface area contributed by atoms with Crippen molar-refractivity contribution in [2.45, 2.75) is 48.5 Å². The molecular weight excluding hydrogens is 348 g/mol. The fourth-order valence-corrected chi connectivity index (χ4v) is 3.73. The van der Waals surface area contributed by atoms with Gasteiger partial charge in [-0.2, -0.15) is 0 Å². The molecule has 146 valence electrons. The van der Waals surface area contributed by atoms with Crippen molar-refractivity contribution in [1.29, 1.82) is 0 Å². The number of hydrogen-bond donors (Lipinski definition) is 0. The van der Waals surface area contributed by atoms with E-state index in [0.29, 0.717) is 11.5 Å². The summed E-state index contributed by atoms with van der Waals surface area (Å²) in [7, 11) is 2.05. The van der Waals surface area contributed by atoms with Crippen molar-refractivity contribution in [2.24, 2.45) is 12.0 Å². The molecule has 0 saturated carbocycles. The molecule has 2 aromatic rings. The van der Waals surface area contributed by atoms with Gasteiger partial charge in [-0.3, -0.25) is 0 Å². The van der Waals surface area contributed by atoms with E-state index in [4.69, 9.17) is 9.73 Å². The van der Waals surface area contributed by atoms with Gasteiger partial charge in [0.05, 0.1) is 16.8 Å². The standard InChI is InChI=1S/C24H28N2O2/c1-13(2)20-21(17(6)19-12-16(5)26(8)18(19)7)23(28-24(20)27)25-22-14(3)10-9-11-15(22)4/h9-12H,1-8H3. The third kappa shape index (κ3) is 3.24. The second kappa shape index (κ2) is 7.27. The highest BCUT2D eigenvalue weighted by Gasteiger charge is 2.35. The van der Waals surface area contributed by atoms with Gasteiger partial charge >= 0.3 is 5.97 Å². The van der Waals surface area contributed by atoms with Crippen molar-refractivity contribution >= 4 is 23.1 Å². The molecule has 0 radical (unpaired) electrons. The number of aryl methyl sites for hydroxylation is 3. The van der Waals surface area contributed by atoms with Crippen LogP contribution in [-0.4, -0.2) is 16.4 Å². The van der Waals surface area contributed by atoms with Crippen LogP contribution in [0.3, 0.4) is 0 Å². The largest absolute Gasteiger partial charge is 0.403 e. The van der Waals surface area contributed by atoms with Gasteiger partial charge < -0.3 is 9.30 Å². The molecule has 1 fully saturated rings. The number of hydrogen-bond acceptors (Lipinski definition) is 3. The molecule has 4 nitrogen and oxygen atoms in total. The van der Waals surface area contributed by atoms with E-state index in [1.807, 2.05) is 52.8 Å². The van der Waals surface area contributed by atoms with E-state index in [-0.39, 0.29) is 5.97 Å². The first-order valence-electron chi connectivity index (χ1n) is 9.53. The smallest absolute Gasteiger partial charge is 0.345 e. The molecule has 1 aliphatic rings. The topological polar surface area (TPSA) is 43.6 Å². The number of para-hydroxylation sites is 1. The molecule has 1 aromatic carbocycles. The van der Waals surface area contributed by atoms with Gasteiger partial charge in [0.2, 0.25) is 5.90 Å². The number of carbonyl (C=O) groups excluding carboxylic acids is 1. The normalized spacial score (nSPS) is 17.4. The lowest BCUT2D eigenvalue weighted by molar-refractivity contribution is -0.129. The molecule has 2 heterocycles. The zero-order chi connectivity index (χ0) is 20.7. The van der Waals surface area contributed by atoms with Crippen LogP contribution in [0.15, 0.2) is 46.0 Å². The molecule has 3 rings (SSSR count). The number of cyclic esters (lactones) is 1. The number of esters is 1. The van der Waals surface area contributed by atoms with Crippen LogP contribution in [0, 0.1) is 27.7 Å². The monoisotopic (exact) mass is 376 g/mol. The lowest BCUT2D eigenvalue weighted by Gasteiger charge is -2.10. The predicted octanol–water partition coefficient (Wildman–Crippen LogP) is 5.66. The summed E-state index contributed by atoms with van der Waals surface area (Å²) in [4.78, 5) is 17.5. The van der Waals surface area contributed by atoms with Crippen LogP contribution in [0.1, 0.15) is 48.8 Å². The number of aliphatic imine (C=N–C) groups is 1. The van der Waals surface area contributed by atoms with Crippen molar-refractivity contribution in [3.05, 3.63) is 69.1 Å². The fraction of sp³-hybridized carbons (Fsp3) is 0.333. The third-order valence-electron chi connectivity index (χ3n) is 5.56. The van der Waals surface area contributed by atoms with Crippen LogP contribution in [0.2, 0.25) is 0 Å². The Kier molecular flexibility index (Phi) is 5.16. The maximum Gasteiger partial charge on any atom is 0.345 e. The van der Waals surface area contributed by atoms with E-state index in [2.05, 4.69) is 31.5 Å². The Balaban J connectivity index is 2.32. The molecule has 28 heavy (non-hydrogen) atoms. The van der Waals surface area contributed by atoms with Crippen molar-refractivity contribution < 1.29 is 9.53 Å². The van der Waals surface area contributed by atoms with Crippen LogP contribution in [0.5, 0.6) is 0 Å². The molecule has 1 aliphatic heterocycles. The molecule has 0 aliphatic carbocycles. The molecule has 0 N–H and O–H groups in total. The lowest BCUT2D eigenvalue weighted by Crippen LogP contribution is -2.02. The highest BCUT2D eigenvalue weighted by atomic mass is 16.5. The molecule has 0 amide bonds. The summed E-state index contributed by atoms with van der Waals surface area (Å²) in [5.74, 6) is 0.0571. The van der Waals surface area contributed by atoms with Gasteiger partial charge in [0.1, 0.15) is 0 Å². The molecule has 1 aromatic heterocycles. The Morgan fingerprint density at radius 1 is 1.00 bits per heavy atom. The van der Waals surface area contributed by atoms with Gasteiger partial charge in [-0.25, -0.2) is 9.79 Å². The average molecular weight is 377 g/mol. The van der Waals surface area contributed by atoms with E-state index < -0.39 is 0 Å². The highest BCUT2D eigenvalue weighted by Crippen LogP contribution is 2.36. The summed E-state index contributed by atoms with van der Waals surface area (Å²) < 4.78 is 7.82. The summed E-state index contributed by atoms with van der Waals surface area (Å²) in [6.45, 7) is 14.1. The van der Waals surface area contributed by atoms with E-state index >= 15 is 0 Å². The second-order valence-corrected chi connectivity index (χ2v) is 7.77. The van der Waals surface area contributed by atoms with E-state index in [1.54, 1.807) is 0 Å².